The molecule has 6 nitrogen and oxygen atoms in total. The van der Waals surface area contributed by atoms with E-state index in [0.29, 0.717) is 5.95 Å². The molecule has 7 heteroatoms. The van der Waals surface area contributed by atoms with E-state index in [2.05, 4.69) is 15.3 Å². The Morgan fingerprint density at radius 2 is 2.05 bits per heavy atom. The first kappa shape index (κ1) is 17.7. The highest BCUT2D eigenvalue weighted by Crippen LogP contribution is 2.16. The fourth-order valence-electron chi connectivity index (χ4n) is 1.77. The van der Waals surface area contributed by atoms with Crippen molar-refractivity contribution in [3.05, 3.63) is 16.9 Å². The third-order valence-electron chi connectivity index (χ3n) is 3.43. The van der Waals surface area contributed by atoms with Crippen molar-refractivity contribution >= 4 is 23.5 Å². The van der Waals surface area contributed by atoms with Gasteiger partial charge in [0.15, 0.2) is 5.69 Å². The average molecular weight is 315 g/mol. The minimum absolute atomic E-state index is 0.100. The van der Waals surface area contributed by atoms with E-state index in [1.54, 1.807) is 7.11 Å². The van der Waals surface area contributed by atoms with Crippen molar-refractivity contribution < 1.29 is 9.53 Å². The second kappa shape index (κ2) is 8.14. The molecule has 118 valence electrons. The average Bonchev–Trinajstić information content (AvgIpc) is 2.48. The van der Waals surface area contributed by atoms with Crippen LogP contribution in [0.2, 0.25) is 5.02 Å². The van der Waals surface area contributed by atoms with Crippen LogP contribution in [-0.2, 0) is 4.74 Å². The molecule has 0 aliphatic rings. The number of halogens is 1. The van der Waals surface area contributed by atoms with Crippen molar-refractivity contribution in [3.63, 3.8) is 0 Å². The van der Waals surface area contributed by atoms with Gasteiger partial charge in [-0.1, -0.05) is 11.6 Å². The number of anilines is 1. The molecule has 0 saturated heterocycles. The number of methoxy groups -OCH3 is 1. The second-order valence-electron chi connectivity index (χ2n) is 4.74. The smallest absolute Gasteiger partial charge is 0.271 e. The van der Waals surface area contributed by atoms with Gasteiger partial charge < -0.3 is 15.0 Å². The maximum Gasteiger partial charge on any atom is 0.271 e. The number of hydrogen-bond acceptors (Lipinski definition) is 5. The lowest BCUT2D eigenvalue weighted by molar-refractivity contribution is 0.0732. The lowest BCUT2D eigenvalue weighted by atomic mass is 10.2. The molecule has 0 aliphatic carbocycles. The summed E-state index contributed by atoms with van der Waals surface area (Å²) < 4.78 is 5.19. The molecule has 0 aliphatic heterocycles. The Bertz CT molecular complexity index is 480. The monoisotopic (exact) mass is 314 g/mol. The number of aromatic nitrogens is 2. The zero-order valence-corrected chi connectivity index (χ0v) is 13.9. The number of amides is 1. The summed E-state index contributed by atoms with van der Waals surface area (Å²) >= 11 is 6.04. The summed E-state index contributed by atoms with van der Waals surface area (Å²) in [4.78, 5) is 22.7. The van der Waals surface area contributed by atoms with Gasteiger partial charge in [-0.05, 0) is 27.7 Å². The number of nitrogens with zero attached hydrogens (tertiary/aromatic N) is 3. The molecule has 0 spiro atoms. The van der Waals surface area contributed by atoms with Gasteiger partial charge in [-0.2, -0.15) is 0 Å². The number of nitrogens with one attached hydrogen (secondary N) is 1. The molecule has 0 bridgehead atoms. The Labute approximate surface area is 130 Å². The summed E-state index contributed by atoms with van der Waals surface area (Å²) in [5.41, 5.74) is 0.184. The minimum Gasteiger partial charge on any atom is -0.380 e. The van der Waals surface area contributed by atoms with E-state index < -0.39 is 0 Å². The minimum atomic E-state index is -0.327. The highest BCUT2D eigenvalue weighted by Gasteiger charge is 2.20. The van der Waals surface area contributed by atoms with Crippen LogP contribution >= 0.6 is 11.6 Å². The van der Waals surface area contributed by atoms with Gasteiger partial charge in [0.25, 0.3) is 5.91 Å². The molecule has 1 aromatic rings. The van der Waals surface area contributed by atoms with E-state index in [-0.39, 0.29) is 28.8 Å². The maximum absolute atomic E-state index is 12.3. The number of hydrogen-bond donors (Lipinski definition) is 1. The fourth-order valence-corrected chi connectivity index (χ4v) is 1.95. The first-order valence-electron chi connectivity index (χ1n) is 7.05. The third-order valence-corrected chi connectivity index (χ3v) is 3.70. The first-order chi connectivity index (χ1) is 9.94. The van der Waals surface area contributed by atoms with Crippen LogP contribution in [0.5, 0.6) is 0 Å². The van der Waals surface area contributed by atoms with Crippen molar-refractivity contribution in [2.24, 2.45) is 0 Å². The molecule has 1 aromatic heterocycles. The van der Waals surface area contributed by atoms with Crippen molar-refractivity contribution in [1.82, 2.24) is 15.3 Å². The number of rotatable bonds is 7. The molecule has 0 saturated carbocycles. The van der Waals surface area contributed by atoms with E-state index >= 15 is 0 Å². The van der Waals surface area contributed by atoms with Gasteiger partial charge in [0.05, 0.1) is 23.4 Å². The Morgan fingerprint density at radius 3 is 2.57 bits per heavy atom. The van der Waals surface area contributed by atoms with Gasteiger partial charge in [0.1, 0.15) is 0 Å². The number of carbonyl (C=O) groups is 1. The van der Waals surface area contributed by atoms with Crippen molar-refractivity contribution in [2.45, 2.75) is 39.8 Å². The van der Waals surface area contributed by atoms with Crippen LogP contribution in [0.4, 0.5) is 5.95 Å². The standard InChI is InChI=1S/C14H23ClN4O2/c1-6-19(7-2)14-16-8-11(15)12(18-14)13(20)17-9(3)10(4)21-5/h8-10H,6-7H2,1-5H3,(H,17,20)/t9-,10-/m0/s1. The van der Waals surface area contributed by atoms with Crippen LogP contribution < -0.4 is 10.2 Å². The quantitative estimate of drug-likeness (QED) is 0.835. The van der Waals surface area contributed by atoms with Gasteiger partial charge >= 0.3 is 0 Å². The Kier molecular flexibility index (Phi) is 6.84. The van der Waals surface area contributed by atoms with Crippen molar-refractivity contribution in [2.75, 3.05) is 25.1 Å². The van der Waals surface area contributed by atoms with Crippen LogP contribution in [0.3, 0.4) is 0 Å². The van der Waals surface area contributed by atoms with Gasteiger partial charge in [-0.25, -0.2) is 9.97 Å². The summed E-state index contributed by atoms with van der Waals surface area (Å²) in [6, 6.07) is -0.148. The number of ether oxygens (including phenoxy) is 1. The van der Waals surface area contributed by atoms with Crippen LogP contribution in [0, 0.1) is 0 Å². The van der Waals surface area contributed by atoms with E-state index in [0.717, 1.165) is 13.1 Å². The van der Waals surface area contributed by atoms with Gasteiger partial charge in [-0.15, -0.1) is 0 Å². The Morgan fingerprint density at radius 1 is 1.43 bits per heavy atom. The van der Waals surface area contributed by atoms with E-state index in [1.807, 2.05) is 32.6 Å². The molecule has 2 atom stereocenters. The Balaban J connectivity index is 2.95. The van der Waals surface area contributed by atoms with Gasteiger partial charge in [0, 0.05) is 20.2 Å². The predicted octanol–water partition coefficient (Wildman–Crippen LogP) is 2.13. The zero-order chi connectivity index (χ0) is 16.0. The largest absolute Gasteiger partial charge is 0.380 e. The zero-order valence-electron chi connectivity index (χ0n) is 13.2. The van der Waals surface area contributed by atoms with Crippen LogP contribution in [0.15, 0.2) is 6.20 Å². The van der Waals surface area contributed by atoms with Crippen LogP contribution in [-0.4, -0.2) is 48.2 Å². The van der Waals surface area contributed by atoms with Crippen molar-refractivity contribution in [1.29, 1.82) is 0 Å². The van der Waals surface area contributed by atoms with E-state index in [4.69, 9.17) is 16.3 Å². The number of carbonyl (C=O) groups excluding carboxylic acids is 1. The van der Waals surface area contributed by atoms with Gasteiger partial charge in [-0.3, -0.25) is 4.79 Å². The fraction of sp³-hybridized carbons (Fsp3) is 0.643. The molecular weight excluding hydrogens is 292 g/mol. The molecule has 0 fully saturated rings. The summed E-state index contributed by atoms with van der Waals surface area (Å²) in [7, 11) is 1.60. The highest BCUT2D eigenvalue weighted by atomic mass is 35.5. The van der Waals surface area contributed by atoms with Crippen molar-refractivity contribution in [3.8, 4) is 0 Å². The first-order valence-corrected chi connectivity index (χ1v) is 7.43. The molecule has 1 heterocycles. The molecule has 0 aromatic carbocycles. The topological polar surface area (TPSA) is 67.4 Å². The summed E-state index contributed by atoms with van der Waals surface area (Å²) in [5.74, 6) is 0.175. The lowest BCUT2D eigenvalue weighted by Crippen LogP contribution is -2.41. The van der Waals surface area contributed by atoms with Crippen LogP contribution in [0.1, 0.15) is 38.2 Å². The molecule has 0 unspecified atom stereocenters. The summed E-state index contributed by atoms with van der Waals surface area (Å²) in [6.07, 6.45) is 1.36. The van der Waals surface area contributed by atoms with E-state index in [1.165, 1.54) is 6.20 Å². The van der Waals surface area contributed by atoms with Crippen LogP contribution in [0.25, 0.3) is 0 Å². The highest BCUT2D eigenvalue weighted by molar-refractivity contribution is 6.33. The molecule has 0 radical (unpaired) electrons. The normalized spacial score (nSPS) is 13.6. The Hall–Kier alpha value is -1.40. The molecule has 1 N–H and O–H groups in total. The molecule has 21 heavy (non-hydrogen) atoms. The second-order valence-corrected chi connectivity index (χ2v) is 5.15. The van der Waals surface area contributed by atoms with Gasteiger partial charge in [0.2, 0.25) is 5.95 Å². The molecule has 1 rings (SSSR count). The molecular formula is C14H23ClN4O2. The summed E-state index contributed by atoms with van der Waals surface area (Å²) in [5, 5.41) is 3.07. The maximum atomic E-state index is 12.3. The SMILES string of the molecule is CCN(CC)c1ncc(Cl)c(C(=O)N[C@@H](C)[C@H](C)OC)n1. The third kappa shape index (κ3) is 4.54. The van der Waals surface area contributed by atoms with E-state index in [9.17, 15) is 4.79 Å². The predicted molar refractivity (Wildman–Crippen MR) is 84.0 cm³/mol. The summed E-state index contributed by atoms with van der Waals surface area (Å²) in [6.45, 7) is 9.28. The molecule has 1 amide bonds. The lowest BCUT2D eigenvalue weighted by Gasteiger charge is -2.21.